The SMILES string of the molecule is CCCc1nc(-c2ccc(F)cc2)cs1. The van der Waals surface area contributed by atoms with Gasteiger partial charge in [0.1, 0.15) is 5.82 Å². The van der Waals surface area contributed by atoms with Crippen LogP contribution < -0.4 is 0 Å². The molecule has 0 aliphatic carbocycles. The molecule has 1 nitrogen and oxygen atoms in total. The molecule has 2 rings (SSSR count). The zero-order chi connectivity index (χ0) is 10.7. The van der Waals surface area contributed by atoms with Gasteiger partial charge in [-0.1, -0.05) is 6.92 Å². The average molecular weight is 221 g/mol. The maximum Gasteiger partial charge on any atom is 0.123 e. The second kappa shape index (κ2) is 4.53. The van der Waals surface area contributed by atoms with Crippen molar-refractivity contribution in [3.05, 3.63) is 40.5 Å². The third-order valence-corrected chi connectivity index (χ3v) is 3.06. The lowest BCUT2D eigenvalue weighted by Gasteiger charge is -1.95. The average Bonchev–Trinajstić information content (AvgIpc) is 2.68. The van der Waals surface area contributed by atoms with Crippen LogP contribution in [0.2, 0.25) is 0 Å². The van der Waals surface area contributed by atoms with E-state index in [-0.39, 0.29) is 5.82 Å². The predicted octanol–water partition coefficient (Wildman–Crippen LogP) is 3.90. The fourth-order valence-electron chi connectivity index (χ4n) is 1.39. The Bertz CT molecular complexity index is 433. The number of halogens is 1. The van der Waals surface area contributed by atoms with Gasteiger partial charge in [-0.15, -0.1) is 11.3 Å². The van der Waals surface area contributed by atoms with Crippen LogP contribution in [-0.2, 0) is 6.42 Å². The number of rotatable bonds is 3. The maximum atomic E-state index is 12.7. The van der Waals surface area contributed by atoms with Crippen LogP contribution in [0.3, 0.4) is 0 Å². The second-order valence-electron chi connectivity index (χ2n) is 3.38. The molecule has 0 saturated heterocycles. The first kappa shape index (κ1) is 10.3. The first-order chi connectivity index (χ1) is 7.29. The molecule has 0 unspecified atom stereocenters. The van der Waals surface area contributed by atoms with Crippen molar-refractivity contribution in [1.82, 2.24) is 4.98 Å². The van der Waals surface area contributed by atoms with Gasteiger partial charge in [-0.3, -0.25) is 0 Å². The van der Waals surface area contributed by atoms with Crippen LogP contribution in [0.5, 0.6) is 0 Å². The highest BCUT2D eigenvalue weighted by Gasteiger charge is 2.03. The third kappa shape index (κ3) is 2.42. The molecule has 0 amide bonds. The first-order valence-corrected chi connectivity index (χ1v) is 5.88. The molecule has 1 heterocycles. The molecule has 2 aromatic rings. The summed E-state index contributed by atoms with van der Waals surface area (Å²) >= 11 is 1.67. The van der Waals surface area contributed by atoms with Crippen molar-refractivity contribution in [2.24, 2.45) is 0 Å². The van der Waals surface area contributed by atoms with Crippen LogP contribution >= 0.6 is 11.3 Å². The van der Waals surface area contributed by atoms with Crippen LogP contribution in [0, 0.1) is 5.82 Å². The highest BCUT2D eigenvalue weighted by Crippen LogP contribution is 2.22. The van der Waals surface area contributed by atoms with Gasteiger partial charge in [0.2, 0.25) is 0 Å². The Morgan fingerprint density at radius 2 is 2.00 bits per heavy atom. The summed E-state index contributed by atoms with van der Waals surface area (Å²) in [7, 11) is 0. The number of thiazole rings is 1. The Morgan fingerprint density at radius 1 is 1.27 bits per heavy atom. The molecule has 0 atom stereocenters. The van der Waals surface area contributed by atoms with Crippen LogP contribution in [0.25, 0.3) is 11.3 Å². The Kier molecular flexibility index (Phi) is 3.11. The third-order valence-electron chi connectivity index (χ3n) is 2.16. The zero-order valence-corrected chi connectivity index (χ0v) is 9.35. The smallest absolute Gasteiger partial charge is 0.123 e. The minimum atomic E-state index is -0.206. The highest BCUT2D eigenvalue weighted by atomic mass is 32.1. The number of aryl methyl sites for hydroxylation is 1. The molecule has 1 aromatic heterocycles. The lowest BCUT2D eigenvalue weighted by molar-refractivity contribution is 0.628. The molecule has 0 saturated carbocycles. The number of nitrogens with zero attached hydrogens (tertiary/aromatic N) is 1. The van der Waals surface area contributed by atoms with Crippen molar-refractivity contribution in [3.8, 4) is 11.3 Å². The van der Waals surface area contributed by atoms with Crippen molar-refractivity contribution in [3.63, 3.8) is 0 Å². The molecule has 1 aromatic carbocycles. The van der Waals surface area contributed by atoms with Gasteiger partial charge in [0.15, 0.2) is 0 Å². The van der Waals surface area contributed by atoms with E-state index >= 15 is 0 Å². The van der Waals surface area contributed by atoms with E-state index in [0.717, 1.165) is 29.1 Å². The van der Waals surface area contributed by atoms with E-state index in [2.05, 4.69) is 11.9 Å². The molecule has 0 fully saturated rings. The van der Waals surface area contributed by atoms with E-state index in [1.807, 2.05) is 5.38 Å². The molecule has 0 aliphatic heterocycles. The van der Waals surface area contributed by atoms with Crippen molar-refractivity contribution in [2.75, 3.05) is 0 Å². The minimum Gasteiger partial charge on any atom is -0.241 e. The summed E-state index contributed by atoms with van der Waals surface area (Å²) in [6, 6.07) is 6.46. The van der Waals surface area contributed by atoms with E-state index in [1.165, 1.54) is 12.1 Å². The van der Waals surface area contributed by atoms with E-state index in [0.29, 0.717) is 0 Å². The summed E-state index contributed by atoms with van der Waals surface area (Å²) < 4.78 is 12.7. The van der Waals surface area contributed by atoms with Gasteiger partial charge >= 0.3 is 0 Å². The minimum absolute atomic E-state index is 0.206. The van der Waals surface area contributed by atoms with Gasteiger partial charge < -0.3 is 0 Å². The van der Waals surface area contributed by atoms with Crippen LogP contribution in [0.1, 0.15) is 18.4 Å². The fourth-order valence-corrected chi connectivity index (χ4v) is 2.30. The van der Waals surface area contributed by atoms with Crippen molar-refractivity contribution < 1.29 is 4.39 Å². The predicted molar refractivity (Wildman–Crippen MR) is 61.5 cm³/mol. The molecule has 0 radical (unpaired) electrons. The normalized spacial score (nSPS) is 10.5. The molecule has 0 aliphatic rings. The number of benzene rings is 1. The molecular weight excluding hydrogens is 209 g/mol. The van der Waals surface area contributed by atoms with Crippen LogP contribution in [0.15, 0.2) is 29.6 Å². The Labute approximate surface area is 92.6 Å². The van der Waals surface area contributed by atoms with Gasteiger partial charge in [-0.05, 0) is 37.1 Å². The van der Waals surface area contributed by atoms with Gasteiger partial charge in [-0.25, -0.2) is 9.37 Å². The monoisotopic (exact) mass is 221 g/mol. The molecule has 0 bridgehead atoms. The lowest BCUT2D eigenvalue weighted by atomic mass is 10.2. The largest absolute Gasteiger partial charge is 0.241 e. The number of aromatic nitrogens is 1. The number of hydrogen-bond donors (Lipinski definition) is 0. The summed E-state index contributed by atoms with van der Waals surface area (Å²) in [5, 5.41) is 3.18. The van der Waals surface area contributed by atoms with E-state index in [4.69, 9.17) is 0 Å². The summed E-state index contributed by atoms with van der Waals surface area (Å²) in [5.74, 6) is -0.206. The topological polar surface area (TPSA) is 12.9 Å². The van der Waals surface area contributed by atoms with Crippen LogP contribution in [0.4, 0.5) is 4.39 Å². The first-order valence-electron chi connectivity index (χ1n) is 5.00. The summed E-state index contributed by atoms with van der Waals surface area (Å²) in [6.45, 7) is 2.14. The molecular formula is C12H12FNS. The Morgan fingerprint density at radius 3 is 2.67 bits per heavy atom. The molecule has 0 spiro atoms. The van der Waals surface area contributed by atoms with Crippen molar-refractivity contribution >= 4 is 11.3 Å². The summed E-state index contributed by atoms with van der Waals surface area (Å²) in [6.07, 6.45) is 2.13. The van der Waals surface area contributed by atoms with Gasteiger partial charge in [0.25, 0.3) is 0 Å². The molecule has 3 heteroatoms. The van der Waals surface area contributed by atoms with Crippen molar-refractivity contribution in [1.29, 1.82) is 0 Å². The van der Waals surface area contributed by atoms with Gasteiger partial charge in [-0.2, -0.15) is 0 Å². The van der Waals surface area contributed by atoms with Gasteiger partial charge in [0, 0.05) is 10.9 Å². The lowest BCUT2D eigenvalue weighted by Crippen LogP contribution is -1.82. The summed E-state index contributed by atoms with van der Waals surface area (Å²) in [5.41, 5.74) is 1.93. The molecule has 15 heavy (non-hydrogen) atoms. The van der Waals surface area contributed by atoms with E-state index in [1.54, 1.807) is 23.5 Å². The second-order valence-corrected chi connectivity index (χ2v) is 4.33. The molecule has 78 valence electrons. The zero-order valence-electron chi connectivity index (χ0n) is 8.53. The van der Waals surface area contributed by atoms with Gasteiger partial charge in [0.05, 0.1) is 10.7 Å². The maximum absolute atomic E-state index is 12.7. The summed E-state index contributed by atoms with van der Waals surface area (Å²) in [4.78, 5) is 4.50. The Balaban J connectivity index is 2.25. The fraction of sp³-hybridized carbons (Fsp3) is 0.250. The quantitative estimate of drug-likeness (QED) is 0.766. The Hall–Kier alpha value is -1.22. The standard InChI is InChI=1S/C12H12FNS/c1-2-3-12-14-11(8-15-12)9-4-6-10(13)7-5-9/h4-8H,2-3H2,1H3. The van der Waals surface area contributed by atoms with E-state index in [9.17, 15) is 4.39 Å². The van der Waals surface area contributed by atoms with Crippen molar-refractivity contribution in [2.45, 2.75) is 19.8 Å². The number of hydrogen-bond acceptors (Lipinski definition) is 2. The highest BCUT2D eigenvalue weighted by molar-refractivity contribution is 7.09. The van der Waals surface area contributed by atoms with E-state index < -0.39 is 0 Å². The van der Waals surface area contributed by atoms with Crippen LogP contribution in [-0.4, -0.2) is 4.98 Å². The molecule has 0 N–H and O–H groups in total.